The van der Waals surface area contributed by atoms with Crippen LogP contribution >= 0.6 is 0 Å². The molecule has 9 nitrogen and oxygen atoms in total. The van der Waals surface area contributed by atoms with Gasteiger partial charge in [0, 0.05) is 12.5 Å². The summed E-state index contributed by atoms with van der Waals surface area (Å²) in [6.45, 7) is 3.60. The van der Waals surface area contributed by atoms with Crippen LogP contribution in [0.5, 0.6) is 17.4 Å². The Bertz CT molecular complexity index is 990. The van der Waals surface area contributed by atoms with Crippen molar-refractivity contribution in [3.05, 3.63) is 36.0 Å². The van der Waals surface area contributed by atoms with Crippen molar-refractivity contribution in [3.8, 4) is 23.4 Å². The fraction of sp³-hybridized carbons (Fsp3) is 0.381. The average Bonchev–Trinajstić information content (AvgIpc) is 3.26. The van der Waals surface area contributed by atoms with Crippen molar-refractivity contribution in [2.75, 3.05) is 38.3 Å². The van der Waals surface area contributed by atoms with Crippen LogP contribution in [0.1, 0.15) is 18.9 Å². The summed E-state index contributed by atoms with van der Waals surface area (Å²) >= 11 is 0. The van der Waals surface area contributed by atoms with Crippen LogP contribution in [0, 0.1) is 11.3 Å². The number of hydrogen-bond donors (Lipinski definition) is 0. The molecular formula is C21H22N4O5. The zero-order chi connectivity index (χ0) is 21.1. The lowest BCUT2D eigenvalue weighted by Gasteiger charge is -2.31. The highest BCUT2D eigenvalue weighted by molar-refractivity contribution is 5.75. The number of ether oxygens (including phenoxy) is 3. The molecule has 4 rings (SSSR count). The first-order valence-corrected chi connectivity index (χ1v) is 9.71. The van der Waals surface area contributed by atoms with Gasteiger partial charge in [0.1, 0.15) is 42.4 Å². The number of aromatic nitrogens is 1. The van der Waals surface area contributed by atoms with Gasteiger partial charge in [-0.05, 0) is 18.2 Å². The number of hydroxylamine groups is 2. The molecular weight excluding hydrogens is 388 g/mol. The lowest BCUT2D eigenvalue weighted by atomic mass is 10.2. The fourth-order valence-corrected chi connectivity index (χ4v) is 3.45. The first-order chi connectivity index (χ1) is 14.6. The second kappa shape index (κ2) is 8.47. The van der Waals surface area contributed by atoms with Crippen LogP contribution in [0.2, 0.25) is 0 Å². The smallest absolute Gasteiger partial charge is 0.245 e. The number of hydrogen-bond acceptors (Lipinski definition) is 8. The monoisotopic (exact) mass is 410 g/mol. The molecule has 30 heavy (non-hydrogen) atoms. The molecule has 1 saturated heterocycles. The molecule has 1 atom stereocenters. The number of nitriles is 1. The molecule has 2 aliphatic heterocycles. The molecule has 0 N–H and O–H groups in total. The second-order valence-corrected chi connectivity index (χ2v) is 6.84. The van der Waals surface area contributed by atoms with Gasteiger partial charge in [0.2, 0.25) is 11.8 Å². The molecule has 0 aliphatic carbocycles. The van der Waals surface area contributed by atoms with E-state index in [1.165, 1.54) is 12.2 Å². The van der Waals surface area contributed by atoms with Gasteiger partial charge in [0.15, 0.2) is 0 Å². The molecule has 1 amide bonds. The van der Waals surface area contributed by atoms with E-state index < -0.39 is 0 Å². The third-order valence-electron chi connectivity index (χ3n) is 4.92. The van der Waals surface area contributed by atoms with E-state index in [2.05, 4.69) is 11.1 Å². The van der Waals surface area contributed by atoms with Gasteiger partial charge >= 0.3 is 0 Å². The van der Waals surface area contributed by atoms with E-state index in [4.69, 9.17) is 19.0 Å². The summed E-state index contributed by atoms with van der Waals surface area (Å²) < 4.78 is 17.0. The maximum atomic E-state index is 11.8. The molecule has 1 aromatic carbocycles. The van der Waals surface area contributed by atoms with Crippen LogP contribution in [-0.2, 0) is 9.63 Å². The SMILES string of the molecule is CCC(=O)N1C[C@@H](Oc2ccc3c(c2)N(c2cnc(OC)c(C#N)c2)CCO3)CO1. The minimum atomic E-state index is -0.246. The molecule has 0 spiro atoms. The normalized spacial score (nSPS) is 17.7. The van der Waals surface area contributed by atoms with Crippen LogP contribution in [0.25, 0.3) is 0 Å². The number of methoxy groups -OCH3 is 1. The highest BCUT2D eigenvalue weighted by Gasteiger charge is 2.29. The zero-order valence-corrected chi connectivity index (χ0v) is 16.8. The number of rotatable bonds is 5. The largest absolute Gasteiger partial charge is 0.490 e. The number of nitrogens with zero attached hydrogens (tertiary/aromatic N) is 4. The molecule has 156 valence electrons. The van der Waals surface area contributed by atoms with Crippen LogP contribution in [0.4, 0.5) is 11.4 Å². The van der Waals surface area contributed by atoms with Crippen molar-refractivity contribution in [1.29, 1.82) is 5.26 Å². The molecule has 2 aromatic rings. The Hall–Kier alpha value is -3.51. The van der Waals surface area contributed by atoms with Gasteiger partial charge in [-0.15, -0.1) is 0 Å². The van der Waals surface area contributed by atoms with E-state index in [9.17, 15) is 10.1 Å². The Morgan fingerprint density at radius 2 is 2.27 bits per heavy atom. The zero-order valence-electron chi connectivity index (χ0n) is 16.8. The summed E-state index contributed by atoms with van der Waals surface area (Å²) in [6.07, 6.45) is 1.81. The Morgan fingerprint density at radius 1 is 1.40 bits per heavy atom. The van der Waals surface area contributed by atoms with E-state index in [1.54, 1.807) is 19.2 Å². The number of carbonyl (C=O) groups is 1. The molecule has 0 saturated carbocycles. The van der Waals surface area contributed by atoms with Crippen molar-refractivity contribution in [2.45, 2.75) is 19.4 Å². The minimum Gasteiger partial charge on any atom is -0.490 e. The Morgan fingerprint density at radius 3 is 3.03 bits per heavy atom. The van der Waals surface area contributed by atoms with Crippen LogP contribution in [0.3, 0.4) is 0 Å². The standard InChI is InChI=1S/C21H22N4O5/c1-3-20(26)25-12-17(13-29-25)30-16-4-5-19-18(9-16)24(6-7-28-19)15-8-14(10-22)21(27-2)23-11-15/h4-5,8-9,11,17H,3,6-7,12-13H2,1-2H3/t17-/m1/s1. The maximum Gasteiger partial charge on any atom is 0.245 e. The highest BCUT2D eigenvalue weighted by Crippen LogP contribution is 2.40. The lowest BCUT2D eigenvalue weighted by molar-refractivity contribution is -0.168. The summed E-state index contributed by atoms with van der Waals surface area (Å²) in [7, 11) is 1.48. The number of anilines is 2. The van der Waals surface area contributed by atoms with Crippen molar-refractivity contribution >= 4 is 17.3 Å². The Labute approximate surface area is 174 Å². The van der Waals surface area contributed by atoms with E-state index in [0.29, 0.717) is 55.7 Å². The molecule has 1 aromatic heterocycles. The molecule has 1 fully saturated rings. The molecule has 2 aliphatic rings. The van der Waals surface area contributed by atoms with Gasteiger partial charge in [-0.1, -0.05) is 6.92 Å². The van der Waals surface area contributed by atoms with Crippen molar-refractivity contribution in [1.82, 2.24) is 10.0 Å². The van der Waals surface area contributed by atoms with E-state index in [-0.39, 0.29) is 12.0 Å². The summed E-state index contributed by atoms with van der Waals surface area (Å²) in [5.41, 5.74) is 1.94. The van der Waals surface area contributed by atoms with Crippen LogP contribution in [0.15, 0.2) is 30.5 Å². The third-order valence-corrected chi connectivity index (χ3v) is 4.92. The van der Waals surface area contributed by atoms with Gasteiger partial charge in [-0.25, -0.2) is 10.0 Å². The van der Waals surface area contributed by atoms with Gasteiger partial charge in [-0.2, -0.15) is 5.26 Å². The lowest BCUT2D eigenvalue weighted by Crippen LogP contribution is -2.30. The van der Waals surface area contributed by atoms with E-state index >= 15 is 0 Å². The van der Waals surface area contributed by atoms with Gasteiger partial charge in [0.25, 0.3) is 0 Å². The fourth-order valence-electron chi connectivity index (χ4n) is 3.45. The van der Waals surface area contributed by atoms with Gasteiger partial charge in [0.05, 0.1) is 37.8 Å². The third kappa shape index (κ3) is 3.82. The summed E-state index contributed by atoms with van der Waals surface area (Å²) in [5, 5.41) is 10.7. The van der Waals surface area contributed by atoms with Crippen molar-refractivity contribution in [2.24, 2.45) is 0 Å². The second-order valence-electron chi connectivity index (χ2n) is 6.84. The van der Waals surface area contributed by atoms with Crippen LogP contribution < -0.4 is 19.1 Å². The van der Waals surface area contributed by atoms with E-state index in [0.717, 1.165) is 11.4 Å². The van der Waals surface area contributed by atoms with Crippen molar-refractivity contribution in [3.63, 3.8) is 0 Å². The Balaban J connectivity index is 1.57. The van der Waals surface area contributed by atoms with Gasteiger partial charge in [-0.3, -0.25) is 9.63 Å². The predicted molar refractivity (Wildman–Crippen MR) is 107 cm³/mol. The highest BCUT2D eigenvalue weighted by atomic mass is 16.7. The minimum absolute atomic E-state index is 0.0635. The topological polar surface area (TPSA) is 97.2 Å². The number of fused-ring (bicyclic) bond motifs is 1. The molecule has 0 unspecified atom stereocenters. The first kappa shape index (κ1) is 19.8. The maximum absolute atomic E-state index is 11.8. The van der Waals surface area contributed by atoms with Crippen LogP contribution in [-0.4, -0.2) is 55.5 Å². The summed E-state index contributed by atoms with van der Waals surface area (Å²) in [4.78, 5) is 23.5. The Kier molecular flexibility index (Phi) is 5.59. The average molecular weight is 410 g/mol. The molecule has 0 bridgehead atoms. The number of carbonyl (C=O) groups excluding carboxylic acids is 1. The molecule has 9 heteroatoms. The molecule has 0 radical (unpaired) electrons. The summed E-state index contributed by atoms with van der Waals surface area (Å²) in [5.74, 6) is 1.59. The number of pyridine rings is 1. The molecule has 3 heterocycles. The van der Waals surface area contributed by atoms with Crippen molar-refractivity contribution < 1.29 is 23.8 Å². The first-order valence-electron chi connectivity index (χ1n) is 9.71. The summed E-state index contributed by atoms with van der Waals surface area (Å²) in [6, 6.07) is 9.42. The predicted octanol–water partition coefficient (Wildman–Crippen LogP) is 2.42. The quantitative estimate of drug-likeness (QED) is 0.741. The van der Waals surface area contributed by atoms with Gasteiger partial charge < -0.3 is 19.1 Å². The number of amides is 1. The van der Waals surface area contributed by atoms with E-state index in [1.807, 2.05) is 23.1 Å². The number of benzene rings is 1.